The minimum Gasteiger partial charge on any atom is -0.480 e. The van der Waals surface area contributed by atoms with Crippen LogP contribution in [0.5, 0.6) is 0 Å². The van der Waals surface area contributed by atoms with E-state index in [4.69, 9.17) is 11.6 Å². The fraction of sp³-hybridized carbons (Fsp3) is 0.206. The number of halogens is 1. The molecule has 0 bridgehead atoms. The van der Waals surface area contributed by atoms with Crippen LogP contribution in [-0.2, 0) is 36.1 Å². The molecule has 0 fully saturated rings. The molecule has 5 aromatic rings. The monoisotopic (exact) mass is 788 g/mol. The molecule has 1 aliphatic rings. The molecule has 1 unspecified atom stereocenters. The van der Waals surface area contributed by atoms with Crippen molar-refractivity contribution >= 4 is 105 Å². The number of aryl methyl sites for hydroxylation is 1. The summed E-state index contributed by atoms with van der Waals surface area (Å²) in [7, 11) is -8.24. The van der Waals surface area contributed by atoms with Gasteiger partial charge in [-0.25, -0.2) is 13.2 Å². The molecule has 17 heteroatoms. The van der Waals surface area contributed by atoms with E-state index in [1.165, 1.54) is 54.3 Å². The fourth-order valence-corrected chi connectivity index (χ4v) is 10.2. The standard InChI is InChI=1S/C34H30ClN3O9S4/c1-21(34(41)42)37(19-32(39)40)24-9-11-25(12-10-24)50(43,44)20-38-27-17-23(35)8-14-28(27)48-31(38)18-30-36(15-4-16-51(45,46)47)33-26-6-3-2-5-22(26)7-13-29(33)49-30/h2-3,5-14,17-18,21H,4,15-16,19-20H2,1H3,(H2-,39,40,41,42,45,46,47)/p+1. The number of benzene rings is 4. The van der Waals surface area contributed by atoms with Gasteiger partial charge in [-0.15, -0.1) is 0 Å². The Bertz CT molecular complexity index is 2430. The first-order chi connectivity index (χ1) is 24.1. The first kappa shape index (κ1) is 36.6. The molecule has 1 aliphatic heterocycles. The minimum atomic E-state index is -4.20. The van der Waals surface area contributed by atoms with Gasteiger partial charge in [0.25, 0.3) is 15.1 Å². The van der Waals surface area contributed by atoms with E-state index in [-0.39, 0.29) is 23.5 Å². The summed E-state index contributed by atoms with van der Waals surface area (Å²) in [5, 5.41) is 22.5. The largest absolute Gasteiger partial charge is 0.480 e. The number of carboxylic acids is 2. The van der Waals surface area contributed by atoms with Crippen molar-refractivity contribution < 1.29 is 45.8 Å². The predicted molar refractivity (Wildman–Crippen MR) is 199 cm³/mol. The summed E-state index contributed by atoms with van der Waals surface area (Å²) < 4.78 is 63.5. The number of thioether (sulfide) groups is 1. The van der Waals surface area contributed by atoms with Crippen LogP contribution >= 0.6 is 34.7 Å². The predicted octanol–water partition coefficient (Wildman–Crippen LogP) is 5.98. The minimum absolute atomic E-state index is 0.0575. The molecule has 0 saturated carbocycles. The number of fused-ring (bicyclic) bond motifs is 4. The lowest BCUT2D eigenvalue weighted by Crippen LogP contribution is -2.42. The third-order valence-electron chi connectivity index (χ3n) is 8.29. The van der Waals surface area contributed by atoms with Gasteiger partial charge >= 0.3 is 11.9 Å². The molecular weight excluding hydrogens is 758 g/mol. The molecule has 0 saturated heterocycles. The normalized spacial score (nSPS) is 14.6. The molecule has 4 aromatic carbocycles. The quantitative estimate of drug-likeness (QED) is 0.0943. The molecule has 3 N–H and O–H groups in total. The molecule has 51 heavy (non-hydrogen) atoms. The Morgan fingerprint density at radius 3 is 2.41 bits per heavy atom. The molecule has 266 valence electrons. The third-order valence-corrected chi connectivity index (χ3v) is 13.1. The summed E-state index contributed by atoms with van der Waals surface area (Å²) in [6.07, 6.45) is 2.00. The summed E-state index contributed by atoms with van der Waals surface area (Å²) in [6, 6.07) is 21.2. The van der Waals surface area contributed by atoms with Crippen LogP contribution in [0, 0.1) is 0 Å². The van der Waals surface area contributed by atoms with Crippen LogP contribution in [0.2, 0.25) is 5.02 Å². The van der Waals surface area contributed by atoms with E-state index in [1.54, 1.807) is 23.1 Å². The van der Waals surface area contributed by atoms with Crippen molar-refractivity contribution in [3.05, 3.63) is 93.9 Å². The van der Waals surface area contributed by atoms with Crippen molar-refractivity contribution in [2.45, 2.75) is 35.7 Å². The van der Waals surface area contributed by atoms with Gasteiger partial charge in [0.1, 0.15) is 23.2 Å². The van der Waals surface area contributed by atoms with E-state index in [2.05, 4.69) is 0 Å². The highest BCUT2D eigenvalue weighted by atomic mass is 35.5. The highest BCUT2D eigenvalue weighted by molar-refractivity contribution is 8.04. The highest BCUT2D eigenvalue weighted by Gasteiger charge is 2.33. The average molecular weight is 789 g/mol. The van der Waals surface area contributed by atoms with Crippen molar-refractivity contribution in [1.82, 2.24) is 0 Å². The van der Waals surface area contributed by atoms with Gasteiger partial charge in [-0.2, -0.15) is 13.0 Å². The summed E-state index contributed by atoms with van der Waals surface area (Å²) in [6.45, 7) is 1.01. The number of carbonyl (C=O) groups is 2. The lowest BCUT2D eigenvalue weighted by Gasteiger charge is -2.27. The third kappa shape index (κ3) is 8.00. The second-order valence-electron chi connectivity index (χ2n) is 11.8. The Morgan fingerprint density at radius 1 is 1.00 bits per heavy atom. The zero-order valence-electron chi connectivity index (χ0n) is 26.8. The van der Waals surface area contributed by atoms with E-state index < -0.39 is 56.1 Å². The molecule has 6 rings (SSSR count). The average Bonchev–Trinajstić information content (AvgIpc) is 3.59. The van der Waals surface area contributed by atoms with E-state index >= 15 is 0 Å². The Morgan fingerprint density at radius 2 is 1.73 bits per heavy atom. The van der Waals surface area contributed by atoms with Crippen molar-refractivity contribution in [1.29, 1.82) is 0 Å². The molecule has 0 spiro atoms. The number of carboxylic acid groups (broad SMARTS) is 2. The Hall–Kier alpha value is -4.19. The van der Waals surface area contributed by atoms with Crippen molar-refractivity contribution in [3.8, 4) is 0 Å². The number of sulfone groups is 1. The van der Waals surface area contributed by atoms with Crippen LogP contribution in [0.15, 0.2) is 93.7 Å². The molecule has 0 amide bonds. The van der Waals surface area contributed by atoms with E-state index in [0.717, 1.165) is 35.8 Å². The van der Waals surface area contributed by atoms with E-state index in [9.17, 15) is 41.2 Å². The molecule has 1 aromatic heterocycles. The van der Waals surface area contributed by atoms with Crippen molar-refractivity contribution in [2.24, 2.45) is 0 Å². The van der Waals surface area contributed by atoms with Crippen LogP contribution in [0.3, 0.4) is 0 Å². The number of anilines is 2. The Labute approximate surface area is 306 Å². The van der Waals surface area contributed by atoms with Crippen LogP contribution in [0.1, 0.15) is 18.4 Å². The van der Waals surface area contributed by atoms with Gasteiger partial charge in [-0.3, -0.25) is 9.35 Å². The van der Waals surface area contributed by atoms with Crippen LogP contribution < -0.4 is 14.4 Å². The van der Waals surface area contributed by atoms with Crippen molar-refractivity contribution in [3.63, 3.8) is 0 Å². The molecule has 0 aliphatic carbocycles. The number of hydrogen-bond acceptors (Lipinski definition) is 10. The lowest BCUT2D eigenvalue weighted by molar-refractivity contribution is -0.667. The summed E-state index contributed by atoms with van der Waals surface area (Å²) in [5.41, 5.74) is 1.69. The Kier molecular flexibility index (Phi) is 10.4. The highest BCUT2D eigenvalue weighted by Crippen LogP contribution is 2.48. The van der Waals surface area contributed by atoms with Gasteiger partial charge < -0.3 is 20.0 Å². The van der Waals surface area contributed by atoms with Gasteiger partial charge in [-0.1, -0.05) is 59.0 Å². The van der Waals surface area contributed by atoms with E-state index in [1.807, 2.05) is 47.0 Å². The summed E-state index contributed by atoms with van der Waals surface area (Å²) in [4.78, 5) is 26.6. The topological polar surface area (TPSA) is 173 Å². The summed E-state index contributed by atoms with van der Waals surface area (Å²) >= 11 is 9.20. The van der Waals surface area contributed by atoms with Gasteiger partial charge in [0.2, 0.25) is 5.52 Å². The van der Waals surface area contributed by atoms with Gasteiger partial charge in [-0.05, 0) is 66.9 Å². The first-order valence-corrected chi connectivity index (χ1v) is 20.7. The first-order valence-electron chi connectivity index (χ1n) is 15.4. The van der Waals surface area contributed by atoms with Gasteiger partial charge in [0.15, 0.2) is 16.4 Å². The maximum Gasteiger partial charge on any atom is 0.326 e. The smallest absolute Gasteiger partial charge is 0.326 e. The Balaban J connectivity index is 1.40. The molecular formula is C34H31ClN3O9S4+. The summed E-state index contributed by atoms with van der Waals surface area (Å²) in [5.74, 6) is -3.39. The molecule has 12 nitrogen and oxygen atoms in total. The SMILES string of the molecule is CC(C(=O)O)N(CC(=O)O)c1ccc(S(=O)(=O)CN2/C(=C/c3sc4ccc5ccccc5c4[n+]3CCCS(=O)(=O)O)Sc3ccc(Cl)cc32)cc1. The lowest BCUT2D eigenvalue weighted by atomic mass is 10.1. The molecule has 1 atom stereocenters. The molecule has 0 radical (unpaired) electrons. The fourth-order valence-electron chi connectivity index (χ4n) is 5.85. The number of aromatic nitrogens is 1. The maximum absolute atomic E-state index is 14.0. The number of rotatable bonds is 13. The van der Waals surface area contributed by atoms with Crippen molar-refractivity contribution in [2.75, 3.05) is 28.0 Å². The molecule has 2 heterocycles. The maximum atomic E-state index is 14.0. The number of aliphatic carboxylic acids is 2. The van der Waals surface area contributed by atoms with E-state index in [0.29, 0.717) is 15.7 Å². The number of thiazole rings is 1. The number of nitrogens with zero attached hydrogens (tertiary/aromatic N) is 3. The zero-order valence-corrected chi connectivity index (χ0v) is 30.9. The van der Waals surface area contributed by atoms with Gasteiger partial charge in [0.05, 0.1) is 32.8 Å². The number of hydrogen-bond donors (Lipinski definition) is 3. The zero-order chi connectivity index (χ0) is 36.7. The second-order valence-corrected chi connectivity index (χ2v) is 17.9. The van der Waals surface area contributed by atoms with Gasteiger partial charge in [0, 0.05) is 22.0 Å². The van der Waals surface area contributed by atoms with Crippen LogP contribution in [0.25, 0.3) is 27.1 Å². The second kappa shape index (κ2) is 14.4. The van der Waals surface area contributed by atoms with Crippen LogP contribution in [0.4, 0.5) is 11.4 Å². The van der Waals surface area contributed by atoms with Crippen LogP contribution in [-0.4, -0.2) is 67.8 Å².